The quantitative estimate of drug-likeness (QED) is 0.586. The highest BCUT2D eigenvalue weighted by Crippen LogP contribution is 2.28. The number of ether oxygens (including phenoxy) is 1. The van der Waals surface area contributed by atoms with Crippen LogP contribution < -0.4 is 10.6 Å². The first-order chi connectivity index (χ1) is 13.0. The Balaban J connectivity index is 1.89. The van der Waals surface area contributed by atoms with Gasteiger partial charge in [-0.3, -0.25) is 14.4 Å². The number of ketones is 1. The van der Waals surface area contributed by atoms with E-state index >= 15 is 0 Å². The first kappa shape index (κ1) is 18.6. The van der Waals surface area contributed by atoms with Crippen LogP contribution >= 0.6 is 0 Å². The van der Waals surface area contributed by atoms with Crippen molar-refractivity contribution in [2.75, 3.05) is 25.5 Å². The Labute approximate surface area is 156 Å². The fourth-order valence-electron chi connectivity index (χ4n) is 3.30. The molecule has 142 valence electrons. The second kappa shape index (κ2) is 7.61. The van der Waals surface area contributed by atoms with Crippen LogP contribution in [0, 0.1) is 0 Å². The van der Waals surface area contributed by atoms with Crippen molar-refractivity contribution in [2.24, 2.45) is 0 Å². The highest BCUT2D eigenvalue weighted by atomic mass is 16.5. The average Bonchev–Trinajstić information content (AvgIpc) is 2.68. The number of nitrogens with zero attached hydrogens (tertiary/aromatic N) is 1. The zero-order chi connectivity index (χ0) is 19.6. The van der Waals surface area contributed by atoms with E-state index in [-0.39, 0.29) is 17.7 Å². The van der Waals surface area contributed by atoms with Crippen LogP contribution in [0.1, 0.15) is 18.9 Å². The first-order valence-electron chi connectivity index (χ1n) is 8.76. The number of carbonyl (C=O) groups excluding carboxylic acids is 4. The molecular weight excluding hydrogens is 350 g/mol. The van der Waals surface area contributed by atoms with Gasteiger partial charge in [0.1, 0.15) is 17.3 Å². The molecule has 1 aromatic carbocycles. The van der Waals surface area contributed by atoms with Crippen LogP contribution in [0.5, 0.6) is 0 Å². The predicted octanol–water partition coefficient (Wildman–Crippen LogP) is 0.388. The third kappa shape index (κ3) is 3.55. The van der Waals surface area contributed by atoms with Crippen molar-refractivity contribution >= 4 is 29.3 Å². The van der Waals surface area contributed by atoms with Crippen LogP contribution in [0.15, 0.2) is 35.5 Å². The van der Waals surface area contributed by atoms with Gasteiger partial charge in [0, 0.05) is 25.2 Å². The summed E-state index contributed by atoms with van der Waals surface area (Å²) in [5, 5.41) is 5.39. The Morgan fingerprint density at radius 3 is 2.59 bits per heavy atom. The molecule has 2 aliphatic heterocycles. The number of rotatable bonds is 4. The van der Waals surface area contributed by atoms with Gasteiger partial charge in [-0.1, -0.05) is 19.1 Å². The molecule has 2 heterocycles. The number of Topliss-reactive ketones (excluding diaryl/α,β-unsaturated/α-hetero) is 1. The number of piperazine rings is 1. The molecule has 3 rings (SSSR count). The van der Waals surface area contributed by atoms with Gasteiger partial charge in [0.05, 0.1) is 7.11 Å². The van der Waals surface area contributed by atoms with Crippen molar-refractivity contribution in [2.45, 2.75) is 25.8 Å². The van der Waals surface area contributed by atoms with Gasteiger partial charge >= 0.3 is 5.97 Å². The van der Waals surface area contributed by atoms with Gasteiger partial charge in [-0.25, -0.2) is 4.79 Å². The summed E-state index contributed by atoms with van der Waals surface area (Å²) >= 11 is 0. The highest BCUT2D eigenvalue weighted by Gasteiger charge is 2.44. The van der Waals surface area contributed by atoms with Crippen molar-refractivity contribution < 1.29 is 23.9 Å². The molecule has 0 unspecified atom stereocenters. The number of methoxy groups -OCH3 is 1. The summed E-state index contributed by atoms with van der Waals surface area (Å²) < 4.78 is 4.65. The summed E-state index contributed by atoms with van der Waals surface area (Å²) in [7, 11) is 1.15. The number of amides is 2. The Bertz CT molecular complexity index is 828. The minimum absolute atomic E-state index is 0.0918. The van der Waals surface area contributed by atoms with E-state index in [1.54, 1.807) is 12.1 Å². The van der Waals surface area contributed by atoms with E-state index in [0.717, 1.165) is 19.1 Å². The maximum atomic E-state index is 12.8. The summed E-state index contributed by atoms with van der Waals surface area (Å²) in [6.07, 6.45) is 0.693. The topological polar surface area (TPSA) is 105 Å². The molecule has 27 heavy (non-hydrogen) atoms. The van der Waals surface area contributed by atoms with E-state index in [2.05, 4.69) is 15.4 Å². The lowest BCUT2D eigenvalue weighted by atomic mass is 9.92. The second-order valence-electron chi connectivity index (χ2n) is 6.35. The molecule has 1 atom stereocenters. The summed E-state index contributed by atoms with van der Waals surface area (Å²) in [6.45, 7) is 2.68. The van der Waals surface area contributed by atoms with Crippen LogP contribution in [0.3, 0.4) is 0 Å². The van der Waals surface area contributed by atoms with Crippen molar-refractivity contribution in [3.63, 3.8) is 0 Å². The normalized spacial score (nSPS) is 19.3. The van der Waals surface area contributed by atoms with E-state index in [1.165, 1.54) is 4.90 Å². The summed E-state index contributed by atoms with van der Waals surface area (Å²) in [6, 6.07) is 6.55. The number of carbonyl (C=O) groups is 4. The van der Waals surface area contributed by atoms with Crippen LogP contribution in [0.25, 0.3) is 0 Å². The number of esters is 1. The molecule has 8 nitrogen and oxygen atoms in total. The Morgan fingerprint density at radius 1 is 1.26 bits per heavy atom. The second-order valence-corrected chi connectivity index (χ2v) is 6.35. The molecule has 0 saturated carbocycles. The molecule has 0 aliphatic carbocycles. The molecular formula is C19H21N3O5. The number of nitrogens with one attached hydrogen (secondary N) is 2. The lowest BCUT2D eigenvalue weighted by molar-refractivity contribution is -0.141. The third-order valence-corrected chi connectivity index (χ3v) is 4.73. The van der Waals surface area contributed by atoms with Crippen LogP contribution in [0.2, 0.25) is 0 Å². The lowest BCUT2D eigenvalue weighted by Crippen LogP contribution is -2.57. The van der Waals surface area contributed by atoms with Crippen LogP contribution in [-0.2, 0) is 30.3 Å². The number of fused-ring (bicyclic) bond motifs is 1. The predicted molar refractivity (Wildman–Crippen MR) is 96.6 cm³/mol. The molecule has 2 N–H and O–H groups in total. The fraction of sp³-hybridized carbons (Fsp3) is 0.368. The molecule has 2 amide bonds. The third-order valence-electron chi connectivity index (χ3n) is 4.73. The van der Waals surface area contributed by atoms with E-state index in [4.69, 9.17) is 0 Å². The van der Waals surface area contributed by atoms with Gasteiger partial charge < -0.3 is 20.3 Å². The average molecular weight is 371 g/mol. The smallest absolute Gasteiger partial charge is 0.343 e. The van der Waals surface area contributed by atoms with Crippen molar-refractivity contribution in [1.29, 1.82) is 0 Å². The molecule has 0 aromatic heterocycles. The van der Waals surface area contributed by atoms with Crippen LogP contribution in [-0.4, -0.2) is 54.7 Å². The van der Waals surface area contributed by atoms with E-state index in [1.807, 2.05) is 19.1 Å². The van der Waals surface area contributed by atoms with Gasteiger partial charge in [0.15, 0.2) is 5.78 Å². The zero-order valence-electron chi connectivity index (χ0n) is 15.2. The minimum atomic E-state index is -0.869. The molecule has 0 radical (unpaired) electrons. The Kier molecular flexibility index (Phi) is 5.25. The highest BCUT2D eigenvalue weighted by molar-refractivity contribution is 6.24. The molecule has 0 bridgehead atoms. The fourth-order valence-corrected chi connectivity index (χ4v) is 3.30. The molecule has 1 fully saturated rings. The maximum Gasteiger partial charge on any atom is 0.343 e. The van der Waals surface area contributed by atoms with Crippen molar-refractivity contribution in [1.82, 2.24) is 10.2 Å². The van der Waals surface area contributed by atoms with Crippen LogP contribution in [0.4, 0.5) is 5.69 Å². The summed E-state index contributed by atoms with van der Waals surface area (Å²) in [5.74, 6) is -2.40. The van der Waals surface area contributed by atoms with E-state index < -0.39 is 29.6 Å². The lowest BCUT2D eigenvalue weighted by Gasteiger charge is -2.40. The number of benzene rings is 1. The minimum Gasteiger partial charge on any atom is -0.465 e. The Hall–Kier alpha value is -3.16. The molecule has 2 aliphatic rings. The monoisotopic (exact) mass is 371 g/mol. The van der Waals surface area contributed by atoms with Gasteiger partial charge in [-0.2, -0.15) is 0 Å². The number of anilines is 1. The Morgan fingerprint density at radius 2 is 1.96 bits per heavy atom. The standard InChI is InChI=1S/C19H21N3O5/c1-3-11-4-6-12(7-5-11)21-17(24)13-10-14(23)15(19(26)27-2)16-18(25)20-8-9-22(13)16/h4-7,13H,3,8-10H2,1-2H3,(H,20,25)(H,21,24)/t13-/m0/s1. The van der Waals surface area contributed by atoms with E-state index in [9.17, 15) is 19.2 Å². The van der Waals surface area contributed by atoms with Gasteiger partial charge in [0.25, 0.3) is 5.91 Å². The molecule has 8 heteroatoms. The molecule has 1 aromatic rings. The van der Waals surface area contributed by atoms with Gasteiger partial charge in [-0.15, -0.1) is 0 Å². The van der Waals surface area contributed by atoms with Crippen molar-refractivity contribution in [3.8, 4) is 0 Å². The largest absolute Gasteiger partial charge is 0.465 e. The van der Waals surface area contributed by atoms with E-state index in [0.29, 0.717) is 18.8 Å². The first-order valence-corrected chi connectivity index (χ1v) is 8.76. The SMILES string of the molecule is CCc1ccc(NC(=O)[C@@H]2CC(=O)C(C(=O)OC)=C3C(=O)NCCN32)cc1. The molecule has 1 saturated heterocycles. The zero-order valence-corrected chi connectivity index (χ0v) is 15.2. The molecule has 0 spiro atoms. The number of hydrogen-bond donors (Lipinski definition) is 2. The number of hydrogen-bond acceptors (Lipinski definition) is 6. The van der Waals surface area contributed by atoms with Crippen molar-refractivity contribution in [3.05, 3.63) is 41.1 Å². The maximum absolute atomic E-state index is 12.8. The summed E-state index contributed by atoms with van der Waals surface area (Å²) in [4.78, 5) is 51.1. The number of aryl methyl sites for hydroxylation is 1. The summed E-state index contributed by atoms with van der Waals surface area (Å²) in [5.41, 5.74) is 1.36. The van der Waals surface area contributed by atoms with Gasteiger partial charge in [-0.05, 0) is 24.1 Å². The van der Waals surface area contributed by atoms with Gasteiger partial charge in [0.2, 0.25) is 5.91 Å².